The van der Waals surface area contributed by atoms with Gasteiger partial charge in [-0.25, -0.2) is 0 Å². The summed E-state index contributed by atoms with van der Waals surface area (Å²) in [7, 11) is 2.28. The third kappa shape index (κ3) is 6.69. The third-order valence-corrected chi connectivity index (χ3v) is 6.71. The van der Waals surface area contributed by atoms with Crippen molar-refractivity contribution in [3.63, 3.8) is 0 Å². The molecule has 30 heavy (non-hydrogen) atoms. The number of amides is 2. The van der Waals surface area contributed by atoms with Crippen LogP contribution in [0.4, 0.5) is 0 Å². The van der Waals surface area contributed by atoms with E-state index in [1.54, 1.807) is 6.08 Å². The smallest absolute Gasteiger partial charge is 0.244 e. The molecule has 2 fully saturated rings. The van der Waals surface area contributed by atoms with Gasteiger partial charge in [0.15, 0.2) is 0 Å². The lowest BCUT2D eigenvalue weighted by Crippen LogP contribution is -2.50. The highest BCUT2D eigenvalue weighted by Gasteiger charge is 2.28. The second-order valence-electron chi connectivity index (χ2n) is 8.88. The lowest BCUT2D eigenvalue weighted by molar-refractivity contribution is -0.133. The van der Waals surface area contributed by atoms with E-state index in [-0.39, 0.29) is 18.4 Å². The van der Waals surface area contributed by atoms with E-state index in [2.05, 4.69) is 17.3 Å². The summed E-state index contributed by atoms with van der Waals surface area (Å²) in [5.74, 6) is -0.213. The van der Waals surface area contributed by atoms with Crippen molar-refractivity contribution < 1.29 is 9.59 Å². The maximum atomic E-state index is 12.5. The summed E-state index contributed by atoms with van der Waals surface area (Å²) in [6.45, 7) is 3.68. The molecular formula is C25H37N3O2. The molecule has 1 aromatic carbocycles. The van der Waals surface area contributed by atoms with Crippen LogP contribution in [0.1, 0.15) is 62.5 Å². The molecule has 0 bridgehead atoms. The number of rotatable bonds is 6. The highest BCUT2D eigenvalue weighted by Crippen LogP contribution is 2.25. The van der Waals surface area contributed by atoms with Crippen LogP contribution in [0.5, 0.6) is 0 Å². The van der Waals surface area contributed by atoms with E-state index in [9.17, 15) is 9.59 Å². The van der Waals surface area contributed by atoms with Gasteiger partial charge in [0.2, 0.25) is 11.8 Å². The van der Waals surface area contributed by atoms with Crippen molar-refractivity contribution in [3.05, 3.63) is 41.5 Å². The number of hydrogen-bond acceptors (Lipinski definition) is 3. The predicted molar refractivity (Wildman–Crippen MR) is 122 cm³/mol. The van der Waals surface area contributed by atoms with Crippen LogP contribution in [0.3, 0.4) is 0 Å². The maximum absolute atomic E-state index is 12.5. The maximum Gasteiger partial charge on any atom is 0.244 e. The number of hydrogen-bond donors (Lipinski definition) is 1. The fraction of sp³-hybridized carbons (Fsp3) is 0.600. The summed E-state index contributed by atoms with van der Waals surface area (Å²) in [5.41, 5.74) is 2.16. The van der Waals surface area contributed by atoms with E-state index in [1.165, 1.54) is 50.2 Å². The largest absolute Gasteiger partial charge is 0.343 e. The van der Waals surface area contributed by atoms with Crippen molar-refractivity contribution in [2.45, 2.75) is 70.4 Å². The molecule has 1 saturated carbocycles. The van der Waals surface area contributed by atoms with E-state index in [0.717, 1.165) is 31.5 Å². The Morgan fingerprint density at radius 2 is 1.60 bits per heavy atom. The van der Waals surface area contributed by atoms with Crippen LogP contribution in [0.2, 0.25) is 0 Å². The molecule has 0 unspecified atom stereocenters. The van der Waals surface area contributed by atoms with E-state index in [1.807, 2.05) is 36.1 Å². The quantitative estimate of drug-likeness (QED) is 0.573. The fourth-order valence-corrected chi connectivity index (χ4v) is 4.67. The first kappa shape index (κ1) is 22.5. The Morgan fingerprint density at radius 1 is 1.00 bits per heavy atom. The molecule has 1 saturated heterocycles. The lowest BCUT2D eigenvalue weighted by atomic mass is 9.99. The standard InChI is InChI=1S/C25H37N3O2/c1-20-9-11-21(12-10-20)13-14-24(29)26-19-25(30)28-17-15-23(16-18-28)27(2)22-7-5-3-4-6-8-22/h9-14,22-23H,3-8,15-19H2,1-2H3,(H,26,29)/b14-13+. The molecular weight excluding hydrogens is 374 g/mol. The van der Waals surface area contributed by atoms with Crippen LogP contribution in [0, 0.1) is 6.92 Å². The van der Waals surface area contributed by atoms with Gasteiger partial charge in [-0.3, -0.25) is 9.59 Å². The fourth-order valence-electron chi connectivity index (χ4n) is 4.67. The Hall–Kier alpha value is -2.14. The summed E-state index contributed by atoms with van der Waals surface area (Å²) in [6, 6.07) is 9.25. The van der Waals surface area contributed by atoms with Crippen molar-refractivity contribution >= 4 is 17.9 Å². The van der Waals surface area contributed by atoms with E-state index in [0.29, 0.717) is 12.1 Å². The van der Waals surface area contributed by atoms with Crippen molar-refractivity contribution in [1.29, 1.82) is 0 Å². The molecule has 0 spiro atoms. The molecule has 5 nitrogen and oxygen atoms in total. The lowest BCUT2D eigenvalue weighted by Gasteiger charge is -2.40. The van der Waals surface area contributed by atoms with Gasteiger partial charge in [0.25, 0.3) is 0 Å². The SMILES string of the molecule is Cc1ccc(/C=C/C(=O)NCC(=O)N2CCC(N(C)C3CCCCCC3)CC2)cc1. The molecule has 3 rings (SSSR count). The predicted octanol–water partition coefficient (Wildman–Crippen LogP) is 3.77. The van der Waals surface area contributed by atoms with Crippen molar-refractivity contribution in [3.8, 4) is 0 Å². The van der Waals surface area contributed by atoms with Crippen LogP contribution < -0.4 is 5.32 Å². The number of carbonyl (C=O) groups excluding carboxylic acids is 2. The summed E-state index contributed by atoms with van der Waals surface area (Å²) in [4.78, 5) is 29.0. The van der Waals surface area contributed by atoms with Crippen LogP contribution in [-0.4, -0.2) is 60.4 Å². The zero-order chi connectivity index (χ0) is 21.3. The molecule has 1 N–H and O–H groups in total. The second kappa shape index (κ2) is 11.3. The summed E-state index contributed by atoms with van der Waals surface area (Å²) in [5, 5.41) is 2.73. The Labute approximate surface area is 181 Å². The number of carbonyl (C=O) groups is 2. The minimum absolute atomic E-state index is 0.0163. The zero-order valence-corrected chi connectivity index (χ0v) is 18.6. The second-order valence-corrected chi connectivity index (χ2v) is 8.88. The van der Waals surface area contributed by atoms with Gasteiger partial charge >= 0.3 is 0 Å². The van der Waals surface area contributed by atoms with Gasteiger partial charge in [-0.05, 0) is 51.3 Å². The van der Waals surface area contributed by atoms with E-state index >= 15 is 0 Å². The molecule has 1 aliphatic carbocycles. The molecule has 0 atom stereocenters. The van der Waals surface area contributed by atoms with Gasteiger partial charge in [-0.1, -0.05) is 55.5 Å². The number of piperidine rings is 1. The molecule has 1 aliphatic heterocycles. The summed E-state index contributed by atoms with van der Waals surface area (Å²) < 4.78 is 0. The van der Waals surface area contributed by atoms with Gasteiger partial charge in [0, 0.05) is 31.2 Å². The Morgan fingerprint density at radius 3 is 2.23 bits per heavy atom. The van der Waals surface area contributed by atoms with E-state index in [4.69, 9.17) is 0 Å². The summed E-state index contributed by atoms with van der Waals surface area (Å²) >= 11 is 0. The third-order valence-electron chi connectivity index (χ3n) is 6.71. The van der Waals surface area contributed by atoms with Crippen LogP contribution in [-0.2, 0) is 9.59 Å². The van der Waals surface area contributed by atoms with Gasteiger partial charge in [0.05, 0.1) is 6.54 Å². The number of benzene rings is 1. The average molecular weight is 412 g/mol. The first-order chi connectivity index (χ1) is 14.5. The molecule has 5 heteroatoms. The van der Waals surface area contributed by atoms with E-state index < -0.39 is 0 Å². The zero-order valence-electron chi connectivity index (χ0n) is 18.6. The minimum Gasteiger partial charge on any atom is -0.343 e. The molecule has 164 valence electrons. The molecule has 1 aromatic rings. The highest BCUT2D eigenvalue weighted by molar-refractivity contribution is 5.94. The van der Waals surface area contributed by atoms with Crippen molar-refractivity contribution in [2.75, 3.05) is 26.7 Å². The molecule has 1 heterocycles. The van der Waals surface area contributed by atoms with Gasteiger partial charge in [-0.15, -0.1) is 0 Å². The first-order valence-electron chi connectivity index (χ1n) is 11.6. The molecule has 0 aromatic heterocycles. The van der Waals surface area contributed by atoms with Gasteiger partial charge in [0.1, 0.15) is 0 Å². The van der Waals surface area contributed by atoms with Gasteiger partial charge in [-0.2, -0.15) is 0 Å². The normalized spacial score (nSPS) is 19.2. The molecule has 0 radical (unpaired) electrons. The van der Waals surface area contributed by atoms with Crippen LogP contribution in [0.15, 0.2) is 30.3 Å². The number of nitrogens with one attached hydrogen (secondary N) is 1. The van der Waals surface area contributed by atoms with Crippen LogP contribution >= 0.6 is 0 Å². The molecule has 2 amide bonds. The minimum atomic E-state index is -0.230. The van der Waals surface area contributed by atoms with Gasteiger partial charge < -0.3 is 15.1 Å². The Bertz CT molecular complexity index is 712. The average Bonchev–Trinajstić information content (AvgIpc) is 3.06. The number of nitrogens with zero attached hydrogens (tertiary/aromatic N) is 2. The molecule has 2 aliphatic rings. The van der Waals surface area contributed by atoms with Crippen molar-refractivity contribution in [1.82, 2.24) is 15.1 Å². The van der Waals surface area contributed by atoms with Crippen molar-refractivity contribution in [2.24, 2.45) is 0 Å². The number of aryl methyl sites for hydroxylation is 1. The first-order valence-corrected chi connectivity index (χ1v) is 11.6. The highest BCUT2D eigenvalue weighted by atomic mass is 16.2. The van der Waals surface area contributed by atoms with Crippen LogP contribution in [0.25, 0.3) is 6.08 Å². The number of likely N-dealkylation sites (tertiary alicyclic amines) is 1. The monoisotopic (exact) mass is 411 g/mol. The Balaban J connectivity index is 1.38. The Kier molecular flexibility index (Phi) is 8.50. The topological polar surface area (TPSA) is 52.7 Å². The summed E-state index contributed by atoms with van der Waals surface area (Å²) in [6.07, 6.45) is 13.4.